The molecule has 0 aromatic heterocycles. The van der Waals surface area contributed by atoms with Crippen molar-refractivity contribution in [1.29, 1.82) is 0 Å². The van der Waals surface area contributed by atoms with Crippen molar-refractivity contribution in [3.05, 3.63) is 34.1 Å². The van der Waals surface area contributed by atoms with Gasteiger partial charge in [-0.05, 0) is 23.8 Å². The van der Waals surface area contributed by atoms with Crippen LogP contribution in [0.5, 0.6) is 0 Å². The third-order valence-corrected chi connectivity index (χ3v) is 2.28. The standard InChI is InChI=1S/C8H7BrFNO2.ClH/c9-6-2-1-4(10)3-5(6)7(11)8(12)13;/h1-3,7H,11H2,(H,12,13);1H/t7-;/m0./s1. The highest BCUT2D eigenvalue weighted by atomic mass is 79.9. The number of halogens is 3. The summed E-state index contributed by atoms with van der Waals surface area (Å²) in [6.07, 6.45) is 0. The lowest BCUT2D eigenvalue weighted by Crippen LogP contribution is -2.21. The van der Waals surface area contributed by atoms with E-state index in [1.54, 1.807) is 0 Å². The molecule has 0 saturated heterocycles. The Hall–Kier alpha value is -0.650. The van der Waals surface area contributed by atoms with Crippen LogP contribution in [0.3, 0.4) is 0 Å². The summed E-state index contributed by atoms with van der Waals surface area (Å²) in [7, 11) is 0. The summed E-state index contributed by atoms with van der Waals surface area (Å²) in [5.41, 5.74) is 5.54. The monoisotopic (exact) mass is 283 g/mol. The summed E-state index contributed by atoms with van der Waals surface area (Å²) in [6.45, 7) is 0. The van der Waals surface area contributed by atoms with Crippen molar-refractivity contribution in [2.24, 2.45) is 5.73 Å². The smallest absolute Gasteiger partial charge is 0.325 e. The summed E-state index contributed by atoms with van der Waals surface area (Å²) in [5, 5.41) is 8.58. The van der Waals surface area contributed by atoms with Crippen LogP contribution in [-0.2, 0) is 4.79 Å². The number of benzene rings is 1. The Bertz CT molecular complexity index is 348. The van der Waals surface area contributed by atoms with Crippen molar-refractivity contribution in [3.63, 3.8) is 0 Å². The minimum absolute atomic E-state index is 0. The van der Waals surface area contributed by atoms with Crippen molar-refractivity contribution in [2.75, 3.05) is 0 Å². The number of rotatable bonds is 2. The Balaban J connectivity index is 0.00000169. The van der Waals surface area contributed by atoms with Gasteiger partial charge in [0.15, 0.2) is 0 Å². The molecule has 0 radical (unpaired) electrons. The van der Waals surface area contributed by atoms with Gasteiger partial charge in [0.25, 0.3) is 0 Å². The molecular weight excluding hydrogens is 276 g/mol. The van der Waals surface area contributed by atoms with Crippen molar-refractivity contribution in [3.8, 4) is 0 Å². The van der Waals surface area contributed by atoms with Crippen molar-refractivity contribution < 1.29 is 14.3 Å². The predicted octanol–water partition coefficient (Wildman–Crippen LogP) is 2.09. The summed E-state index contributed by atoms with van der Waals surface area (Å²) in [5.74, 6) is -1.69. The van der Waals surface area contributed by atoms with Crippen LogP contribution in [0.1, 0.15) is 11.6 Å². The Labute approximate surface area is 94.6 Å². The van der Waals surface area contributed by atoms with E-state index in [9.17, 15) is 9.18 Å². The molecule has 0 unspecified atom stereocenters. The highest BCUT2D eigenvalue weighted by Crippen LogP contribution is 2.22. The van der Waals surface area contributed by atoms with E-state index in [0.29, 0.717) is 4.47 Å². The number of carboxylic acids is 1. The van der Waals surface area contributed by atoms with Gasteiger partial charge in [-0.1, -0.05) is 15.9 Å². The van der Waals surface area contributed by atoms with Crippen molar-refractivity contribution in [1.82, 2.24) is 0 Å². The van der Waals surface area contributed by atoms with E-state index in [4.69, 9.17) is 10.8 Å². The lowest BCUT2D eigenvalue weighted by molar-refractivity contribution is -0.138. The molecule has 78 valence electrons. The van der Waals surface area contributed by atoms with Crippen molar-refractivity contribution >= 4 is 34.3 Å². The molecule has 0 aliphatic heterocycles. The second-order valence-electron chi connectivity index (χ2n) is 2.48. The molecule has 0 fully saturated rings. The molecule has 1 aromatic carbocycles. The van der Waals surface area contributed by atoms with Crippen LogP contribution < -0.4 is 5.73 Å². The fourth-order valence-electron chi connectivity index (χ4n) is 0.886. The quantitative estimate of drug-likeness (QED) is 0.874. The third-order valence-electron chi connectivity index (χ3n) is 1.56. The number of hydrogen-bond donors (Lipinski definition) is 2. The van der Waals surface area contributed by atoms with Crippen LogP contribution in [0.15, 0.2) is 22.7 Å². The molecule has 1 rings (SSSR count). The van der Waals surface area contributed by atoms with Gasteiger partial charge in [0.1, 0.15) is 11.9 Å². The second kappa shape index (κ2) is 5.29. The molecule has 3 N–H and O–H groups in total. The van der Waals surface area contributed by atoms with Gasteiger partial charge in [0, 0.05) is 4.47 Å². The Morgan fingerprint density at radius 1 is 1.57 bits per heavy atom. The van der Waals surface area contributed by atoms with Gasteiger partial charge >= 0.3 is 5.97 Å². The zero-order valence-electron chi connectivity index (χ0n) is 6.91. The van der Waals surface area contributed by atoms with E-state index in [-0.39, 0.29) is 18.0 Å². The lowest BCUT2D eigenvalue weighted by atomic mass is 10.1. The fraction of sp³-hybridized carbons (Fsp3) is 0.125. The molecule has 3 nitrogen and oxygen atoms in total. The number of carbonyl (C=O) groups is 1. The molecule has 0 bridgehead atoms. The average molecular weight is 285 g/mol. The zero-order chi connectivity index (χ0) is 10.0. The van der Waals surface area contributed by atoms with E-state index in [0.717, 1.165) is 6.07 Å². The van der Waals surface area contributed by atoms with Crippen LogP contribution in [0.4, 0.5) is 4.39 Å². The van der Waals surface area contributed by atoms with E-state index in [1.807, 2.05) is 0 Å². The largest absolute Gasteiger partial charge is 0.480 e. The SMILES string of the molecule is Cl.N[C@H](C(=O)O)c1cc(F)ccc1Br. The van der Waals surface area contributed by atoms with Gasteiger partial charge in [-0.3, -0.25) is 4.79 Å². The van der Waals surface area contributed by atoms with E-state index in [2.05, 4.69) is 15.9 Å². The summed E-state index contributed by atoms with van der Waals surface area (Å²) >= 11 is 3.09. The van der Waals surface area contributed by atoms with Gasteiger partial charge in [0.05, 0.1) is 0 Å². The first kappa shape index (κ1) is 13.4. The third kappa shape index (κ3) is 2.94. The van der Waals surface area contributed by atoms with Crippen molar-refractivity contribution in [2.45, 2.75) is 6.04 Å². The number of hydrogen-bond acceptors (Lipinski definition) is 2. The second-order valence-corrected chi connectivity index (χ2v) is 3.34. The first-order valence-electron chi connectivity index (χ1n) is 3.45. The van der Waals surface area contributed by atoms with E-state index >= 15 is 0 Å². The minimum Gasteiger partial charge on any atom is -0.480 e. The summed E-state index contributed by atoms with van der Waals surface area (Å²) in [4.78, 5) is 10.5. The normalized spacial score (nSPS) is 11.6. The first-order chi connectivity index (χ1) is 6.02. The van der Waals surface area contributed by atoms with Crippen LogP contribution in [0.25, 0.3) is 0 Å². The van der Waals surface area contributed by atoms with Crippen LogP contribution >= 0.6 is 28.3 Å². The molecule has 1 atom stereocenters. The summed E-state index contributed by atoms with van der Waals surface area (Å²) < 4.78 is 13.2. The molecule has 0 spiro atoms. The average Bonchev–Trinajstić information content (AvgIpc) is 2.08. The molecule has 1 aromatic rings. The molecule has 0 aliphatic carbocycles. The van der Waals surface area contributed by atoms with Crippen LogP contribution in [0, 0.1) is 5.82 Å². The molecule has 0 amide bonds. The van der Waals surface area contributed by atoms with Gasteiger partial charge < -0.3 is 10.8 Å². The van der Waals surface area contributed by atoms with Gasteiger partial charge in [-0.2, -0.15) is 0 Å². The number of nitrogens with two attached hydrogens (primary N) is 1. The Morgan fingerprint density at radius 3 is 2.64 bits per heavy atom. The highest BCUT2D eigenvalue weighted by molar-refractivity contribution is 9.10. The van der Waals surface area contributed by atoms with Crippen LogP contribution in [-0.4, -0.2) is 11.1 Å². The van der Waals surface area contributed by atoms with E-state index < -0.39 is 17.8 Å². The molecule has 0 heterocycles. The zero-order valence-corrected chi connectivity index (χ0v) is 9.31. The number of aliphatic carboxylic acids is 1. The highest BCUT2D eigenvalue weighted by Gasteiger charge is 2.17. The number of carboxylic acid groups (broad SMARTS) is 1. The van der Waals surface area contributed by atoms with Gasteiger partial charge in [-0.25, -0.2) is 4.39 Å². The lowest BCUT2D eigenvalue weighted by Gasteiger charge is -2.08. The minimum atomic E-state index is -1.20. The van der Waals surface area contributed by atoms with E-state index in [1.165, 1.54) is 12.1 Å². The molecule has 14 heavy (non-hydrogen) atoms. The van der Waals surface area contributed by atoms with Gasteiger partial charge in [-0.15, -0.1) is 12.4 Å². The van der Waals surface area contributed by atoms with Crippen LogP contribution in [0.2, 0.25) is 0 Å². The van der Waals surface area contributed by atoms with Gasteiger partial charge in [0.2, 0.25) is 0 Å². The molecule has 6 heteroatoms. The Kier molecular flexibility index (Phi) is 5.04. The molecule has 0 saturated carbocycles. The summed E-state index contributed by atoms with van der Waals surface area (Å²) in [6, 6.07) is 2.54. The molecule has 0 aliphatic rings. The fourth-order valence-corrected chi connectivity index (χ4v) is 1.38. The first-order valence-corrected chi connectivity index (χ1v) is 4.25. The predicted molar refractivity (Wildman–Crippen MR) is 55.9 cm³/mol. The maximum absolute atomic E-state index is 12.7. The molecular formula is C8H8BrClFNO2. The maximum atomic E-state index is 12.7. The topological polar surface area (TPSA) is 63.3 Å². The maximum Gasteiger partial charge on any atom is 0.325 e. The Morgan fingerprint density at radius 2 is 2.14 bits per heavy atom.